The summed E-state index contributed by atoms with van der Waals surface area (Å²) in [5.41, 5.74) is 1.30. The molecule has 0 atom stereocenters. The van der Waals surface area contributed by atoms with Crippen molar-refractivity contribution in [2.45, 2.75) is 20.8 Å². The van der Waals surface area contributed by atoms with Crippen LogP contribution in [0.3, 0.4) is 0 Å². The summed E-state index contributed by atoms with van der Waals surface area (Å²) < 4.78 is 0.790. The van der Waals surface area contributed by atoms with Crippen LogP contribution in [0.25, 0.3) is 0 Å². The van der Waals surface area contributed by atoms with E-state index in [0.29, 0.717) is 11.3 Å². The predicted molar refractivity (Wildman–Crippen MR) is 100 cm³/mol. The molecule has 120 valence electrons. The largest absolute Gasteiger partial charge is 0.358 e. The molecule has 0 spiro atoms. The van der Waals surface area contributed by atoms with Gasteiger partial charge in [0.1, 0.15) is 4.32 Å². The molecule has 0 aromatic heterocycles. The summed E-state index contributed by atoms with van der Waals surface area (Å²) in [7, 11) is 3.85. The maximum Gasteiger partial charge on any atom is 0.171 e. The Balaban J connectivity index is 3.11. The molecular formula is C16H23N3OS2. The number of carbonyl (C=O) groups excluding carboxylic acids is 1. The SMILES string of the molecule is CCN(CC)C(=S)SC(=Nc1ccccc1C(C)=O)N(C)C. The second-order valence-corrected chi connectivity index (χ2v) is 6.50. The van der Waals surface area contributed by atoms with Gasteiger partial charge in [0.05, 0.1) is 5.69 Å². The predicted octanol–water partition coefficient (Wildman–Crippen LogP) is 3.80. The number of hydrogen-bond acceptors (Lipinski definition) is 4. The fourth-order valence-electron chi connectivity index (χ4n) is 1.81. The minimum Gasteiger partial charge on any atom is -0.358 e. The van der Waals surface area contributed by atoms with Gasteiger partial charge >= 0.3 is 0 Å². The Morgan fingerprint density at radius 1 is 1.23 bits per heavy atom. The summed E-state index contributed by atoms with van der Waals surface area (Å²) in [6, 6.07) is 7.37. The van der Waals surface area contributed by atoms with E-state index in [0.717, 1.165) is 22.6 Å². The van der Waals surface area contributed by atoms with Gasteiger partial charge in [0.2, 0.25) is 0 Å². The number of ketones is 1. The molecule has 1 aromatic carbocycles. The number of para-hydroxylation sites is 1. The Kier molecular flexibility index (Phi) is 7.55. The molecule has 0 aliphatic rings. The average Bonchev–Trinajstić information content (AvgIpc) is 2.48. The molecule has 4 nitrogen and oxygen atoms in total. The Bertz CT molecular complexity index is 566. The maximum atomic E-state index is 11.7. The van der Waals surface area contributed by atoms with E-state index < -0.39 is 0 Å². The number of hydrogen-bond donors (Lipinski definition) is 0. The number of aliphatic imine (C=N–C) groups is 1. The minimum absolute atomic E-state index is 0.00813. The second kappa shape index (κ2) is 8.90. The fourth-order valence-corrected chi connectivity index (χ4v) is 3.16. The third-order valence-corrected chi connectivity index (χ3v) is 4.66. The van der Waals surface area contributed by atoms with Gasteiger partial charge in [-0.15, -0.1) is 0 Å². The number of amidine groups is 1. The highest BCUT2D eigenvalue weighted by Crippen LogP contribution is 2.23. The molecule has 0 heterocycles. The lowest BCUT2D eigenvalue weighted by molar-refractivity contribution is 0.101. The maximum absolute atomic E-state index is 11.7. The van der Waals surface area contributed by atoms with Crippen LogP contribution in [0.4, 0.5) is 5.69 Å². The molecule has 1 rings (SSSR count). The van der Waals surface area contributed by atoms with Crippen molar-refractivity contribution in [3.05, 3.63) is 29.8 Å². The molecule has 0 N–H and O–H groups in total. The number of Topliss-reactive ketones (excluding diaryl/α,β-unsaturated/α-hetero) is 1. The zero-order valence-corrected chi connectivity index (χ0v) is 15.4. The molecule has 0 amide bonds. The molecular weight excluding hydrogens is 314 g/mol. The number of benzene rings is 1. The minimum atomic E-state index is 0.00813. The number of nitrogens with zero attached hydrogens (tertiary/aromatic N) is 3. The first-order chi connectivity index (χ1) is 10.4. The lowest BCUT2D eigenvalue weighted by Crippen LogP contribution is -2.30. The van der Waals surface area contributed by atoms with E-state index in [2.05, 4.69) is 23.7 Å². The zero-order valence-electron chi connectivity index (χ0n) is 13.8. The molecule has 1 aromatic rings. The number of thiocarbonyl (C=S) groups is 1. The van der Waals surface area contributed by atoms with Gasteiger partial charge in [0.15, 0.2) is 11.0 Å². The van der Waals surface area contributed by atoms with E-state index in [4.69, 9.17) is 12.2 Å². The monoisotopic (exact) mass is 337 g/mol. The molecule has 22 heavy (non-hydrogen) atoms. The normalized spacial score (nSPS) is 11.2. The van der Waals surface area contributed by atoms with Crippen LogP contribution in [-0.4, -0.2) is 52.3 Å². The van der Waals surface area contributed by atoms with Gasteiger partial charge in [-0.05, 0) is 44.7 Å². The van der Waals surface area contributed by atoms with Crippen molar-refractivity contribution in [2.24, 2.45) is 4.99 Å². The Labute approximate surface area is 142 Å². The first-order valence-electron chi connectivity index (χ1n) is 7.23. The van der Waals surface area contributed by atoms with Gasteiger partial charge in [-0.1, -0.05) is 24.4 Å². The van der Waals surface area contributed by atoms with Gasteiger partial charge in [-0.3, -0.25) is 4.79 Å². The Morgan fingerprint density at radius 3 is 2.32 bits per heavy atom. The Morgan fingerprint density at radius 2 is 1.82 bits per heavy atom. The van der Waals surface area contributed by atoms with Crippen molar-refractivity contribution in [3.8, 4) is 0 Å². The molecule has 0 bridgehead atoms. The van der Waals surface area contributed by atoms with Crippen molar-refractivity contribution in [3.63, 3.8) is 0 Å². The highest BCUT2D eigenvalue weighted by molar-refractivity contribution is 8.32. The van der Waals surface area contributed by atoms with E-state index in [1.807, 2.05) is 37.2 Å². The van der Waals surface area contributed by atoms with Crippen LogP contribution in [0.2, 0.25) is 0 Å². The van der Waals surface area contributed by atoms with Gasteiger partial charge < -0.3 is 9.80 Å². The lowest BCUT2D eigenvalue weighted by atomic mass is 10.1. The molecule has 0 aliphatic heterocycles. The van der Waals surface area contributed by atoms with Crippen LogP contribution in [0.15, 0.2) is 29.3 Å². The molecule has 0 saturated carbocycles. The Hall–Kier alpha value is -1.40. The number of rotatable bonds is 4. The standard InChI is InChI=1S/C16H23N3OS2/c1-6-19(7-2)16(21)22-15(18(4)5)17-14-11-9-8-10-13(14)12(3)20/h8-11H,6-7H2,1-5H3. The summed E-state index contributed by atoms with van der Waals surface area (Å²) in [6.45, 7) is 7.44. The van der Waals surface area contributed by atoms with Crippen molar-refractivity contribution < 1.29 is 4.79 Å². The fraction of sp³-hybridized carbons (Fsp3) is 0.438. The van der Waals surface area contributed by atoms with Crippen LogP contribution in [0.5, 0.6) is 0 Å². The van der Waals surface area contributed by atoms with Crippen molar-refractivity contribution in [1.29, 1.82) is 0 Å². The molecule has 6 heteroatoms. The van der Waals surface area contributed by atoms with Gasteiger partial charge in [0, 0.05) is 32.7 Å². The lowest BCUT2D eigenvalue weighted by Gasteiger charge is -2.23. The smallest absolute Gasteiger partial charge is 0.171 e. The van der Waals surface area contributed by atoms with E-state index in [1.54, 1.807) is 13.0 Å². The average molecular weight is 338 g/mol. The van der Waals surface area contributed by atoms with Crippen LogP contribution in [0, 0.1) is 0 Å². The molecule has 0 radical (unpaired) electrons. The van der Waals surface area contributed by atoms with Crippen LogP contribution in [-0.2, 0) is 0 Å². The van der Waals surface area contributed by atoms with E-state index in [1.165, 1.54) is 11.8 Å². The molecule has 0 fully saturated rings. The third kappa shape index (κ3) is 5.10. The number of carbonyl (C=O) groups is 1. The highest BCUT2D eigenvalue weighted by atomic mass is 32.2. The second-order valence-electron chi connectivity index (χ2n) is 4.90. The first kappa shape index (κ1) is 18.6. The summed E-state index contributed by atoms with van der Waals surface area (Å²) >= 11 is 6.93. The van der Waals surface area contributed by atoms with Crippen molar-refractivity contribution >= 4 is 44.9 Å². The van der Waals surface area contributed by atoms with Crippen LogP contribution < -0.4 is 0 Å². The van der Waals surface area contributed by atoms with E-state index in [-0.39, 0.29) is 5.78 Å². The molecule has 0 aliphatic carbocycles. The molecule has 0 saturated heterocycles. The van der Waals surface area contributed by atoms with Crippen molar-refractivity contribution in [1.82, 2.24) is 9.80 Å². The third-order valence-electron chi connectivity index (χ3n) is 3.08. The summed E-state index contributed by atoms with van der Waals surface area (Å²) in [5.74, 6) is 0.00813. The van der Waals surface area contributed by atoms with E-state index in [9.17, 15) is 4.79 Å². The highest BCUT2D eigenvalue weighted by Gasteiger charge is 2.14. The van der Waals surface area contributed by atoms with Crippen LogP contribution in [0.1, 0.15) is 31.1 Å². The quantitative estimate of drug-likeness (QED) is 0.361. The first-order valence-corrected chi connectivity index (χ1v) is 8.45. The van der Waals surface area contributed by atoms with Gasteiger partial charge in [-0.25, -0.2) is 4.99 Å². The van der Waals surface area contributed by atoms with Crippen LogP contribution >= 0.6 is 24.0 Å². The van der Waals surface area contributed by atoms with Gasteiger partial charge in [-0.2, -0.15) is 0 Å². The zero-order chi connectivity index (χ0) is 16.7. The van der Waals surface area contributed by atoms with Gasteiger partial charge in [0.25, 0.3) is 0 Å². The summed E-state index contributed by atoms with van der Waals surface area (Å²) in [5, 5.41) is 0.769. The van der Waals surface area contributed by atoms with E-state index >= 15 is 0 Å². The topological polar surface area (TPSA) is 35.9 Å². The number of thioether (sulfide) groups is 1. The summed E-state index contributed by atoms with van der Waals surface area (Å²) in [4.78, 5) is 20.4. The summed E-state index contributed by atoms with van der Waals surface area (Å²) in [6.07, 6.45) is 0. The van der Waals surface area contributed by atoms with Crippen molar-refractivity contribution in [2.75, 3.05) is 27.2 Å². The molecule has 0 unspecified atom stereocenters.